The van der Waals surface area contributed by atoms with Gasteiger partial charge in [-0.3, -0.25) is 0 Å². The van der Waals surface area contributed by atoms with Gasteiger partial charge in [-0.1, -0.05) is 30.3 Å². The van der Waals surface area contributed by atoms with Crippen LogP contribution in [0.2, 0.25) is 0 Å². The van der Waals surface area contributed by atoms with E-state index < -0.39 is 0 Å². The SMILES string of the molecule is Cc1ccc(-n2nnnc2Sc2nc(-c3ccccc3)cs2)s1. The third-order valence-corrected chi connectivity index (χ3v) is 5.96. The monoisotopic (exact) mass is 357 g/mol. The van der Waals surface area contributed by atoms with Gasteiger partial charge in [-0.2, -0.15) is 4.68 Å². The molecule has 0 saturated heterocycles. The molecule has 114 valence electrons. The normalized spacial score (nSPS) is 11.0. The van der Waals surface area contributed by atoms with Crippen molar-refractivity contribution < 1.29 is 0 Å². The number of aryl methyl sites for hydroxylation is 1. The largest absolute Gasteiger partial charge is 0.229 e. The first-order chi connectivity index (χ1) is 11.3. The Kier molecular flexibility index (Phi) is 3.94. The highest BCUT2D eigenvalue weighted by Gasteiger charge is 2.14. The summed E-state index contributed by atoms with van der Waals surface area (Å²) in [6.07, 6.45) is 0. The van der Waals surface area contributed by atoms with Crippen molar-refractivity contribution in [3.05, 3.63) is 52.7 Å². The Labute approximate surface area is 145 Å². The van der Waals surface area contributed by atoms with E-state index in [-0.39, 0.29) is 0 Å². The van der Waals surface area contributed by atoms with Crippen LogP contribution in [-0.2, 0) is 0 Å². The van der Waals surface area contributed by atoms with Crippen molar-refractivity contribution in [1.82, 2.24) is 25.2 Å². The van der Waals surface area contributed by atoms with Crippen molar-refractivity contribution in [2.45, 2.75) is 16.4 Å². The van der Waals surface area contributed by atoms with Crippen molar-refractivity contribution in [2.24, 2.45) is 0 Å². The zero-order valence-corrected chi connectivity index (χ0v) is 14.5. The molecule has 0 bridgehead atoms. The first-order valence-electron chi connectivity index (χ1n) is 6.83. The number of nitrogens with zero attached hydrogens (tertiary/aromatic N) is 5. The van der Waals surface area contributed by atoms with E-state index in [1.807, 2.05) is 24.3 Å². The second kappa shape index (κ2) is 6.23. The highest BCUT2D eigenvalue weighted by atomic mass is 32.2. The summed E-state index contributed by atoms with van der Waals surface area (Å²) in [7, 11) is 0. The molecule has 0 fully saturated rings. The second-order valence-corrected chi connectivity index (χ2v) is 8.06. The summed E-state index contributed by atoms with van der Waals surface area (Å²) < 4.78 is 2.68. The van der Waals surface area contributed by atoms with Crippen LogP contribution in [0.4, 0.5) is 0 Å². The summed E-state index contributed by atoms with van der Waals surface area (Å²) in [5, 5.41) is 15.8. The van der Waals surface area contributed by atoms with E-state index >= 15 is 0 Å². The molecular weight excluding hydrogens is 346 g/mol. The van der Waals surface area contributed by atoms with Crippen molar-refractivity contribution in [3.8, 4) is 16.3 Å². The summed E-state index contributed by atoms with van der Waals surface area (Å²) in [6, 6.07) is 14.2. The summed E-state index contributed by atoms with van der Waals surface area (Å²) >= 11 is 4.74. The molecule has 0 atom stereocenters. The Morgan fingerprint density at radius 3 is 2.74 bits per heavy atom. The number of thiazole rings is 1. The van der Waals surface area contributed by atoms with Crippen LogP contribution in [0.5, 0.6) is 0 Å². The molecule has 1 aromatic carbocycles. The van der Waals surface area contributed by atoms with Gasteiger partial charge in [0, 0.05) is 15.8 Å². The maximum absolute atomic E-state index is 4.67. The number of tetrazole rings is 1. The van der Waals surface area contributed by atoms with Gasteiger partial charge in [0.05, 0.1) is 5.69 Å². The highest BCUT2D eigenvalue weighted by Crippen LogP contribution is 2.33. The summed E-state index contributed by atoms with van der Waals surface area (Å²) in [6.45, 7) is 2.07. The molecule has 4 rings (SSSR count). The third-order valence-electron chi connectivity index (χ3n) is 3.11. The minimum atomic E-state index is 0.723. The van der Waals surface area contributed by atoms with Crippen LogP contribution in [0, 0.1) is 6.92 Å². The lowest BCUT2D eigenvalue weighted by Crippen LogP contribution is -1.95. The Hall–Kier alpha value is -2.03. The molecule has 8 heteroatoms. The van der Waals surface area contributed by atoms with Gasteiger partial charge in [0.1, 0.15) is 5.00 Å². The fourth-order valence-corrected chi connectivity index (χ4v) is 4.62. The third kappa shape index (κ3) is 3.05. The average Bonchev–Trinajstić information content (AvgIpc) is 3.29. The van der Waals surface area contributed by atoms with Gasteiger partial charge in [0.15, 0.2) is 4.34 Å². The van der Waals surface area contributed by atoms with Crippen molar-refractivity contribution in [2.75, 3.05) is 0 Å². The minimum absolute atomic E-state index is 0.723. The van der Waals surface area contributed by atoms with E-state index in [4.69, 9.17) is 0 Å². The number of rotatable bonds is 4. The van der Waals surface area contributed by atoms with Crippen LogP contribution < -0.4 is 0 Å². The fraction of sp³-hybridized carbons (Fsp3) is 0.0667. The molecule has 0 radical (unpaired) electrons. The van der Waals surface area contributed by atoms with Crippen LogP contribution in [0.1, 0.15) is 4.88 Å². The van der Waals surface area contributed by atoms with E-state index in [1.54, 1.807) is 27.4 Å². The average molecular weight is 357 g/mol. The zero-order valence-electron chi connectivity index (χ0n) is 12.1. The van der Waals surface area contributed by atoms with Gasteiger partial charge < -0.3 is 0 Å². The first kappa shape index (κ1) is 14.6. The Morgan fingerprint density at radius 1 is 1.09 bits per heavy atom. The smallest absolute Gasteiger partial charge is 0.221 e. The standard InChI is InChI=1S/C15H11N5S3/c1-10-7-8-13(22-10)20-14(17-18-19-20)23-15-16-12(9-21-15)11-5-3-2-4-6-11/h2-9H,1H3. The molecule has 3 aromatic heterocycles. The van der Waals surface area contributed by atoms with E-state index in [0.29, 0.717) is 0 Å². The van der Waals surface area contributed by atoms with Crippen molar-refractivity contribution in [3.63, 3.8) is 0 Å². The Balaban J connectivity index is 1.60. The zero-order chi connectivity index (χ0) is 15.6. The molecule has 0 unspecified atom stereocenters. The molecule has 23 heavy (non-hydrogen) atoms. The molecule has 0 N–H and O–H groups in total. The summed E-state index contributed by atoms with van der Waals surface area (Å²) in [4.78, 5) is 5.90. The summed E-state index contributed by atoms with van der Waals surface area (Å²) in [5.74, 6) is 0. The lowest BCUT2D eigenvalue weighted by molar-refractivity contribution is 0.768. The maximum Gasteiger partial charge on any atom is 0.221 e. The van der Waals surface area contributed by atoms with Gasteiger partial charge >= 0.3 is 0 Å². The number of aromatic nitrogens is 5. The molecule has 0 aliphatic heterocycles. The van der Waals surface area contributed by atoms with Crippen molar-refractivity contribution >= 4 is 34.4 Å². The number of benzene rings is 1. The molecule has 5 nitrogen and oxygen atoms in total. The quantitative estimate of drug-likeness (QED) is 0.545. The van der Waals surface area contributed by atoms with Crippen LogP contribution >= 0.6 is 34.4 Å². The predicted octanol–water partition coefficient (Wildman–Crippen LogP) is 4.31. The van der Waals surface area contributed by atoms with Crippen LogP contribution in [0.3, 0.4) is 0 Å². The van der Waals surface area contributed by atoms with Gasteiger partial charge in [-0.05, 0) is 41.2 Å². The Morgan fingerprint density at radius 2 is 1.96 bits per heavy atom. The van der Waals surface area contributed by atoms with E-state index in [9.17, 15) is 0 Å². The van der Waals surface area contributed by atoms with E-state index in [0.717, 1.165) is 25.8 Å². The fourth-order valence-electron chi connectivity index (χ4n) is 2.04. The van der Waals surface area contributed by atoms with Gasteiger partial charge in [0.25, 0.3) is 0 Å². The Bertz CT molecular complexity index is 925. The number of hydrogen-bond donors (Lipinski definition) is 0. The molecule has 4 aromatic rings. The second-order valence-electron chi connectivity index (χ2n) is 4.72. The van der Waals surface area contributed by atoms with Gasteiger partial charge in [-0.25, -0.2) is 4.98 Å². The van der Waals surface area contributed by atoms with Gasteiger partial charge in [0.2, 0.25) is 5.16 Å². The molecule has 0 amide bonds. The van der Waals surface area contributed by atoms with Crippen LogP contribution in [0.25, 0.3) is 16.3 Å². The molecule has 0 spiro atoms. The van der Waals surface area contributed by atoms with Crippen LogP contribution in [-0.4, -0.2) is 25.2 Å². The maximum atomic E-state index is 4.67. The number of hydrogen-bond acceptors (Lipinski definition) is 7. The minimum Gasteiger partial charge on any atom is -0.229 e. The van der Waals surface area contributed by atoms with E-state index in [1.165, 1.54) is 16.6 Å². The molecular formula is C15H11N5S3. The van der Waals surface area contributed by atoms with Crippen LogP contribution in [0.15, 0.2) is 57.3 Å². The lowest BCUT2D eigenvalue weighted by atomic mass is 10.2. The van der Waals surface area contributed by atoms with E-state index in [2.05, 4.69) is 51.0 Å². The molecule has 0 aliphatic rings. The predicted molar refractivity (Wildman–Crippen MR) is 93.4 cm³/mol. The molecule has 3 heterocycles. The molecule has 0 saturated carbocycles. The first-order valence-corrected chi connectivity index (χ1v) is 9.35. The topological polar surface area (TPSA) is 56.5 Å². The number of thiophene rings is 1. The highest BCUT2D eigenvalue weighted by molar-refractivity contribution is 8.00. The van der Waals surface area contributed by atoms with Crippen molar-refractivity contribution in [1.29, 1.82) is 0 Å². The van der Waals surface area contributed by atoms with Gasteiger partial charge in [-0.15, -0.1) is 27.8 Å². The lowest BCUT2D eigenvalue weighted by Gasteiger charge is -1.98. The summed E-state index contributed by atoms with van der Waals surface area (Å²) in [5.41, 5.74) is 2.09. The molecule has 0 aliphatic carbocycles.